The van der Waals surface area contributed by atoms with Crippen molar-refractivity contribution in [2.24, 2.45) is 0 Å². The molecule has 2 N–H and O–H groups in total. The van der Waals surface area contributed by atoms with Gasteiger partial charge >= 0.3 is 0 Å². The van der Waals surface area contributed by atoms with E-state index in [0.717, 1.165) is 10.2 Å². The molecule has 0 fully saturated rings. The summed E-state index contributed by atoms with van der Waals surface area (Å²) in [6.45, 7) is 2.09. The molecule has 0 spiro atoms. The van der Waals surface area contributed by atoms with Crippen LogP contribution in [-0.4, -0.2) is 0 Å². The Morgan fingerprint density at radius 3 is 2.47 bits per heavy atom. The van der Waals surface area contributed by atoms with Crippen molar-refractivity contribution in [3.8, 4) is 11.1 Å². The predicted octanol–water partition coefficient (Wildman–Crippen LogP) is 4.01. The first-order valence-corrected chi connectivity index (χ1v) is 5.59. The van der Waals surface area contributed by atoms with Crippen LogP contribution >= 0.6 is 15.9 Å². The standard InChI is InChI=1S/C13H12BrN/c1-9-6-7-10(15)8-12(9)11-4-2-3-5-13(11)14/h2-8H,15H2,1H3. The highest BCUT2D eigenvalue weighted by Crippen LogP contribution is 2.31. The van der Waals surface area contributed by atoms with Crippen LogP contribution in [0.25, 0.3) is 11.1 Å². The lowest BCUT2D eigenvalue weighted by molar-refractivity contribution is 1.45. The molecule has 0 saturated carbocycles. The number of nitrogen functional groups attached to an aromatic ring is 1. The van der Waals surface area contributed by atoms with E-state index in [9.17, 15) is 0 Å². The van der Waals surface area contributed by atoms with E-state index in [1.807, 2.05) is 36.4 Å². The molecular formula is C13H12BrN. The van der Waals surface area contributed by atoms with Gasteiger partial charge < -0.3 is 5.73 Å². The Hall–Kier alpha value is -1.28. The number of rotatable bonds is 1. The molecular weight excluding hydrogens is 250 g/mol. The first kappa shape index (κ1) is 10.2. The van der Waals surface area contributed by atoms with Crippen molar-refractivity contribution >= 4 is 21.6 Å². The van der Waals surface area contributed by atoms with Crippen LogP contribution in [0.4, 0.5) is 5.69 Å². The third kappa shape index (κ3) is 2.05. The summed E-state index contributed by atoms with van der Waals surface area (Å²) in [5, 5.41) is 0. The number of nitrogens with two attached hydrogens (primary N) is 1. The molecule has 0 bridgehead atoms. The number of benzene rings is 2. The third-order valence-electron chi connectivity index (χ3n) is 2.43. The minimum atomic E-state index is 0.798. The largest absolute Gasteiger partial charge is 0.399 e. The molecule has 2 aromatic rings. The number of hydrogen-bond acceptors (Lipinski definition) is 1. The zero-order chi connectivity index (χ0) is 10.8. The Morgan fingerprint density at radius 2 is 1.73 bits per heavy atom. The van der Waals surface area contributed by atoms with Crippen LogP contribution in [0.15, 0.2) is 46.9 Å². The van der Waals surface area contributed by atoms with Crippen LogP contribution in [0.3, 0.4) is 0 Å². The normalized spacial score (nSPS) is 10.3. The Kier molecular flexibility index (Phi) is 2.78. The van der Waals surface area contributed by atoms with Crippen molar-refractivity contribution in [3.05, 3.63) is 52.5 Å². The lowest BCUT2D eigenvalue weighted by Gasteiger charge is -2.08. The molecule has 2 heteroatoms. The van der Waals surface area contributed by atoms with E-state index in [4.69, 9.17) is 5.73 Å². The summed E-state index contributed by atoms with van der Waals surface area (Å²) < 4.78 is 1.10. The highest BCUT2D eigenvalue weighted by atomic mass is 79.9. The number of hydrogen-bond donors (Lipinski definition) is 1. The molecule has 2 aromatic carbocycles. The first-order valence-electron chi connectivity index (χ1n) is 4.79. The molecule has 0 amide bonds. The van der Waals surface area contributed by atoms with E-state index in [-0.39, 0.29) is 0 Å². The summed E-state index contributed by atoms with van der Waals surface area (Å²) in [6, 6.07) is 14.1. The van der Waals surface area contributed by atoms with Crippen molar-refractivity contribution in [1.82, 2.24) is 0 Å². The highest BCUT2D eigenvalue weighted by Gasteiger charge is 2.05. The third-order valence-corrected chi connectivity index (χ3v) is 3.12. The first-order chi connectivity index (χ1) is 7.18. The molecule has 0 unspecified atom stereocenters. The zero-order valence-corrected chi connectivity index (χ0v) is 10.1. The van der Waals surface area contributed by atoms with Crippen LogP contribution in [0.5, 0.6) is 0 Å². The van der Waals surface area contributed by atoms with Gasteiger partial charge in [0, 0.05) is 10.2 Å². The van der Waals surface area contributed by atoms with Crippen LogP contribution in [0, 0.1) is 6.92 Å². The fraction of sp³-hybridized carbons (Fsp3) is 0.0769. The van der Waals surface area contributed by atoms with Gasteiger partial charge in [0.25, 0.3) is 0 Å². The average molecular weight is 262 g/mol. The minimum Gasteiger partial charge on any atom is -0.399 e. The van der Waals surface area contributed by atoms with Crippen molar-refractivity contribution in [2.45, 2.75) is 6.92 Å². The van der Waals surface area contributed by atoms with Gasteiger partial charge in [0.2, 0.25) is 0 Å². The van der Waals surface area contributed by atoms with Crippen LogP contribution in [0.1, 0.15) is 5.56 Å². The molecule has 15 heavy (non-hydrogen) atoms. The molecule has 0 radical (unpaired) electrons. The smallest absolute Gasteiger partial charge is 0.0320 e. The second-order valence-corrected chi connectivity index (χ2v) is 4.41. The highest BCUT2D eigenvalue weighted by molar-refractivity contribution is 9.10. The fourth-order valence-electron chi connectivity index (χ4n) is 1.61. The van der Waals surface area contributed by atoms with E-state index in [2.05, 4.69) is 28.9 Å². The second-order valence-electron chi connectivity index (χ2n) is 3.55. The molecule has 0 aliphatic heterocycles. The van der Waals surface area contributed by atoms with Gasteiger partial charge in [-0.15, -0.1) is 0 Å². The Balaban J connectivity index is 2.64. The van der Waals surface area contributed by atoms with E-state index >= 15 is 0 Å². The fourth-order valence-corrected chi connectivity index (χ4v) is 2.11. The van der Waals surface area contributed by atoms with Crippen LogP contribution < -0.4 is 5.73 Å². The minimum absolute atomic E-state index is 0.798. The lowest BCUT2D eigenvalue weighted by atomic mass is 10.0. The summed E-state index contributed by atoms with van der Waals surface area (Å²) in [5.41, 5.74) is 10.2. The van der Waals surface area contributed by atoms with Crippen molar-refractivity contribution < 1.29 is 0 Å². The van der Waals surface area contributed by atoms with Gasteiger partial charge in [0.05, 0.1) is 0 Å². The Morgan fingerprint density at radius 1 is 1.00 bits per heavy atom. The molecule has 0 atom stereocenters. The Bertz CT molecular complexity index is 492. The maximum Gasteiger partial charge on any atom is 0.0320 e. The predicted molar refractivity (Wildman–Crippen MR) is 68.7 cm³/mol. The summed E-state index contributed by atoms with van der Waals surface area (Å²) in [6.07, 6.45) is 0. The SMILES string of the molecule is Cc1ccc(N)cc1-c1ccccc1Br. The molecule has 0 saturated heterocycles. The Labute approximate surface area is 98.1 Å². The monoisotopic (exact) mass is 261 g/mol. The van der Waals surface area contributed by atoms with Gasteiger partial charge in [-0.05, 0) is 41.8 Å². The zero-order valence-electron chi connectivity index (χ0n) is 8.50. The second kappa shape index (κ2) is 4.07. The van der Waals surface area contributed by atoms with Gasteiger partial charge in [0.1, 0.15) is 0 Å². The van der Waals surface area contributed by atoms with E-state index < -0.39 is 0 Å². The van der Waals surface area contributed by atoms with Gasteiger partial charge in [-0.1, -0.05) is 40.2 Å². The summed E-state index contributed by atoms with van der Waals surface area (Å²) in [5.74, 6) is 0. The number of aryl methyl sites for hydroxylation is 1. The maximum absolute atomic E-state index is 5.80. The van der Waals surface area contributed by atoms with Gasteiger partial charge in [-0.2, -0.15) is 0 Å². The number of anilines is 1. The molecule has 76 valence electrons. The number of halogens is 1. The summed E-state index contributed by atoms with van der Waals surface area (Å²) >= 11 is 3.55. The van der Waals surface area contributed by atoms with Gasteiger partial charge in [0.15, 0.2) is 0 Å². The molecule has 0 aromatic heterocycles. The molecule has 1 nitrogen and oxygen atoms in total. The lowest BCUT2D eigenvalue weighted by Crippen LogP contribution is -1.89. The van der Waals surface area contributed by atoms with Crippen molar-refractivity contribution in [2.75, 3.05) is 5.73 Å². The quantitative estimate of drug-likeness (QED) is 0.772. The summed E-state index contributed by atoms with van der Waals surface area (Å²) in [4.78, 5) is 0. The van der Waals surface area contributed by atoms with Crippen LogP contribution in [0.2, 0.25) is 0 Å². The topological polar surface area (TPSA) is 26.0 Å². The van der Waals surface area contributed by atoms with Crippen molar-refractivity contribution in [3.63, 3.8) is 0 Å². The summed E-state index contributed by atoms with van der Waals surface area (Å²) in [7, 11) is 0. The molecule has 0 aliphatic carbocycles. The van der Waals surface area contributed by atoms with E-state index in [1.165, 1.54) is 16.7 Å². The average Bonchev–Trinajstić information content (AvgIpc) is 2.23. The molecule has 0 aliphatic rings. The maximum atomic E-state index is 5.80. The molecule has 2 rings (SSSR count). The molecule has 0 heterocycles. The van der Waals surface area contributed by atoms with Gasteiger partial charge in [-0.3, -0.25) is 0 Å². The van der Waals surface area contributed by atoms with Crippen molar-refractivity contribution in [1.29, 1.82) is 0 Å². The van der Waals surface area contributed by atoms with Gasteiger partial charge in [-0.25, -0.2) is 0 Å². The van der Waals surface area contributed by atoms with E-state index in [0.29, 0.717) is 0 Å². The van der Waals surface area contributed by atoms with Crippen LogP contribution in [-0.2, 0) is 0 Å². The van der Waals surface area contributed by atoms with E-state index in [1.54, 1.807) is 0 Å².